The Labute approximate surface area is 98.6 Å². The second-order valence-corrected chi connectivity index (χ2v) is 6.09. The van der Waals surface area contributed by atoms with Gasteiger partial charge in [0.2, 0.25) is 0 Å². The van der Waals surface area contributed by atoms with E-state index in [2.05, 4.69) is 33.8 Å². The van der Waals surface area contributed by atoms with Crippen molar-refractivity contribution in [3.8, 4) is 0 Å². The van der Waals surface area contributed by atoms with E-state index in [4.69, 9.17) is 4.74 Å². The maximum atomic E-state index is 6.29. The van der Waals surface area contributed by atoms with E-state index in [-0.39, 0.29) is 0 Å². The van der Waals surface area contributed by atoms with Gasteiger partial charge >= 0.3 is 0 Å². The van der Waals surface area contributed by atoms with Gasteiger partial charge in [-0.1, -0.05) is 18.6 Å². The minimum Gasteiger partial charge on any atom is -0.366 e. The molecule has 0 aromatic heterocycles. The smallest absolute Gasteiger partial charge is 0.0859 e. The highest BCUT2D eigenvalue weighted by molar-refractivity contribution is 5.34. The van der Waals surface area contributed by atoms with Crippen LogP contribution in [0.4, 0.5) is 0 Å². The van der Waals surface area contributed by atoms with E-state index < -0.39 is 0 Å². The molecule has 1 heterocycles. The Morgan fingerprint density at radius 3 is 2.81 bits per heavy atom. The van der Waals surface area contributed by atoms with Crippen molar-refractivity contribution in [2.75, 3.05) is 0 Å². The number of hydrogen-bond acceptors (Lipinski definition) is 1. The van der Waals surface area contributed by atoms with Crippen LogP contribution < -0.4 is 0 Å². The zero-order valence-corrected chi connectivity index (χ0v) is 10.8. The molecule has 2 fully saturated rings. The van der Waals surface area contributed by atoms with E-state index in [0.29, 0.717) is 18.1 Å². The quantitative estimate of drug-likeness (QED) is 0.563. The summed E-state index contributed by atoms with van der Waals surface area (Å²) >= 11 is 0. The van der Waals surface area contributed by atoms with Crippen LogP contribution in [0.25, 0.3) is 0 Å². The first-order valence-electron chi connectivity index (χ1n) is 6.59. The van der Waals surface area contributed by atoms with E-state index in [1.807, 2.05) is 0 Å². The molecule has 1 saturated carbocycles. The summed E-state index contributed by atoms with van der Waals surface area (Å²) < 4.78 is 6.29. The average molecular weight is 218 g/mol. The second-order valence-electron chi connectivity index (χ2n) is 6.09. The molecule has 1 aliphatic heterocycles. The van der Waals surface area contributed by atoms with E-state index in [9.17, 15) is 0 Å². The van der Waals surface area contributed by atoms with Crippen LogP contribution in [0.1, 0.15) is 40.5 Å². The highest BCUT2D eigenvalue weighted by Crippen LogP contribution is 2.54. The Morgan fingerprint density at radius 1 is 1.38 bits per heavy atom. The highest BCUT2D eigenvalue weighted by atomic mass is 16.5. The van der Waals surface area contributed by atoms with Gasteiger partial charge in [0, 0.05) is 5.92 Å². The van der Waals surface area contributed by atoms with Gasteiger partial charge in [-0.3, -0.25) is 0 Å². The number of fused-ring (bicyclic) bond motifs is 1. The first kappa shape index (κ1) is 10.6. The minimum absolute atomic E-state index is 0.401. The Kier molecular flexibility index (Phi) is 2.29. The van der Waals surface area contributed by atoms with E-state index in [1.165, 1.54) is 24.0 Å². The van der Waals surface area contributed by atoms with Gasteiger partial charge in [-0.15, -0.1) is 0 Å². The fourth-order valence-corrected chi connectivity index (χ4v) is 4.08. The molecule has 0 radical (unpaired) electrons. The first-order chi connectivity index (χ1) is 7.59. The van der Waals surface area contributed by atoms with Crippen LogP contribution in [0, 0.1) is 17.8 Å². The van der Waals surface area contributed by atoms with Crippen LogP contribution in [0.15, 0.2) is 22.8 Å². The Hall–Kier alpha value is -0.560. The van der Waals surface area contributed by atoms with Crippen LogP contribution in [-0.2, 0) is 4.74 Å². The van der Waals surface area contributed by atoms with Crippen LogP contribution in [0.5, 0.6) is 0 Å². The molecule has 1 saturated heterocycles. The lowest BCUT2D eigenvalue weighted by atomic mass is 9.64. The molecular formula is C15H22O. The van der Waals surface area contributed by atoms with Crippen molar-refractivity contribution in [2.24, 2.45) is 17.8 Å². The number of ether oxygens (including phenoxy) is 1. The molecule has 16 heavy (non-hydrogen) atoms. The molecule has 1 heteroatoms. The summed E-state index contributed by atoms with van der Waals surface area (Å²) in [5, 5.41) is 0. The van der Waals surface area contributed by atoms with Crippen molar-refractivity contribution >= 4 is 0 Å². The molecule has 0 amide bonds. The van der Waals surface area contributed by atoms with Crippen LogP contribution in [0.3, 0.4) is 0 Å². The standard InChI is InChI=1S/C15H22O/c1-8(2)13-12-7-10(4)11-6-5-9(3)15(16-12)14(11)13/h5,10-12,14-15H,6-7H2,1-4H3/t10-,11+,12-,14+,15+/m1/s1. The van der Waals surface area contributed by atoms with Gasteiger partial charge in [-0.25, -0.2) is 0 Å². The van der Waals surface area contributed by atoms with Crippen molar-refractivity contribution in [1.29, 1.82) is 0 Å². The summed E-state index contributed by atoms with van der Waals surface area (Å²) in [6.07, 6.45) is 5.74. The van der Waals surface area contributed by atoms with Gasteiger partial charge in [-0.2, -0.15) is 0 Å². The second kappa shape index (κ2) is 3.46. The molecule has 3 rings (SSSR count). The molecule has 0 aromatic rings. The minimum atomic E-state index is 0.401. The summed E-state index contributed by atoms with van der Waals surface area (Å²) in [6.45, 7) is 9.17. The molecule has 2 bridgehead atoms. The average Bonchev–Trinajstić information content (AvgIpc) is 2.53. The van der Waals surface area contributed by atoms with Crippen LogP contribution in [-0.4, -0.2) is 12.2 Å². The van der Waals surface area contributed by atoms with Crippen LogP contribution >= 0.6 is 0 Å². The maximum absolute atomic E-state index is 6.29. The third-order valence-corrected chi connectivity index (χ3v) is 4.86. The molecule has 0 spiro atoms. The topological polar surface area (TPSA) is 9.23 Å². The van der Waals surface area contributed by atoms with Crippen molar-refractivity contribution in [1.82, 2.24) is 0 Å². The van der Waals surface area contributed by atoms with E-state index >= 15 is 0 Å². The van der Waals surface area contributed by atoms with Gasteiger partial charge in [-0.05, 0) is 56.6 Å². The first-order valence-corrected chi connectivity index (χ1v) is 6.59. The molecule has 1 nitrogen and oxygen atoms in total. The molecule has 88 valence electrons. The Bertz CT molecular complexity index is 373. The van der Waals surface area contributed by atoms with Gasteiger partial charge in [0.05, 0.1) is 12.2 Å². The lowest BCUT2D eigenvalue weighted by Crippen LogP contribution is -2.36. The van der Waals surface area contributed by atoms with Crippen molar-refractivity contribution < 1.29 is 4.74 Å². The maximum Gasteiger partial charge on any atom is 0.0859 e. The summed E-state index contributed by atoms with van der Waals surface area (Å²) in [6, 6.07) is 0. The Morgan fingerprint density at radius 2 is 2.12 bits per heavy atom. The summed E-state index contributed by atoms with van der Waals surface area (Å²) in [7, 11) is 0. The van der Waals surface area contributed by atoms with Gasteiger partial charge in [0.25, 0.3) is 0 Å². The van der Waals surface area contributed by atoms with Crippen molar-refractivity contribution in [3.63, 3.8) is 0 Å². The lowest BCUT2D eigenvalue weighted by molar-refractivity contribution is 0.0637. The normalized spacial score (nSPS) is 45.6. The van der Waals surface area contributed by atoms with Gasteiger partial charge < -0.3 is 4.74 Å². The molecule has 2 aliphatic carbocycles. The molecular weight excluding hydrogens is 196 g/mol. The Balaban J connectivity index is 2.09. The lowest BCUT2D eigenvalue weighted by Gasteiger charge is -2.39. The fourth-order valence-electron chi connectivity index (χ4n) is 4.08. The van der Waals surface area contributed by atoms with Gasteiger partial charge in [0.1, 0.15) is 0 Å². The van der Waals surface area contributed by atoms with Crippen molar-refractivity contribution in [3.05, 3.63) is 22.8 Å². The zero-order chi connectivity index (χ0) is 11.4. The SMILES string of the molecule is CC1=CC[C@@H]2[C@H]3C(=C(C)C)[C@@H](C[C@H]2C)O[C@@H]13. The molecule has 0 N–H and O–H groups in total. The van der Waals surface area contributed by atoms with E-state index in [1.54, 1.807) is 5.57 Å². The number of rotatable bonds is 0. The fraction of sp³-hybridized carbons (Fsp3) is 0.733. The largest absolute Gasteiger partial charge is 0.366 e. The molecule has 5 atom stereocenters. The number of allylic oxidation sites excluding steroid dienone is 2. The third-order valence-electron chi connectivity index (χ3n) is 4.86. The monoisotopic (exact) mass is 218 g/mol. The van der Waals surface area contributed by atoms with E-state index in [0.717, 1.165) is 11.8 Å². The molecule has 0 unspecified atom stereocenters. The molecule has 0 aromatic carbocycles. The third kappa shape index (κ3) is 1.27. The van der Waals surface area contributed by atoms with Crippen molar-refractivity contribution in [2.45, 2.75) is 52.7 Å². The predicted octanol–water partition coefficient (Wildman–Crippen LogP) is 3.71. The predicted molar refractivity (Wildman–Crippen MR) is 66.2 cm³/mol. The van der Waals surface area contributed by atoms with Crippen LogP contribution in [0.2, 0.25) is 0 Å². The molecule has 3 aliphatic rings. The van der Waals surface area contributed by atoms with Gasteiger partial charge in [0.15, 0.2) is 0 Å². The number of hydrogen-bond donors (Lipinski definition) is 0. The zero-order valence-electron chi connectivity index (χ0n) is 10.8. The summed E-state index contributed by atoms with van der Waals surface area (Å²) in [5.74, 6) is 2.36. The highest BCUT2D eigenvalue weighted by Gasteiger charge is 2.51. The summed E-state index contributed by atoms with van der Waals surface area (Å²) in [5.41, 5.74) is 4.61. The summed E-state index contributed by atoms with van der Waals surface area (Å²) in [4.78, 5) is 0.